The Morgan fingerprint density at radius 2 is 1.96 bits per heavy atom. The van der Waals surface area contributed by atoms with Gasteiger partial charge in [-0.25, -0.2) is 12.7 Å². The molecule has 0 spiro atoms. The van der Waals surface area contributed by atoms with Crippen molar-refractivity contribution in [3.05, 3.63) is 46.2 Å². The van der Waals surface area contributed by atoms with Crippen LogP contribution in [0.5, 0.6) is 0 Å². The molecule has 1 aromatic heterocycles. The van der Waals surface area contributed by atoms with Crippen LogP contribution in [0.15, 0.2) is 40.6 Å². The van der Waals surface area contributed by atoms with Crippen LogP contribution >= 0.6 is 11.3 Å². The molecule has 0 unspecified atom stereocenters. The summed E-state index contributed by atoms with van der Waals surface area (Å²) in [5, 5.41) is 4.12. The second-order valence-electron chi connectivity index (χ2n) is 5.16. The van der Waals surface area contributed by atoms with Gasteiger partial charge in [-0.3, -0.25) is 9.59 Å². The van der Waals surface area contributed by atoms with Crippen LogP contribution in [0.4, 0.5) is 5.69 Å². The lowest BCUT2D eigenvalue weighted by atomic mass is 10.1. The smallest absolute Gasteiger partial charge is 0.265 e. The van der Waals surface area contributed by atoms with E-state index in [2.05, 4.69) is 5.32 Å². The highest BCUT2D eigenvalue weighted by Gasteiger charge is 2.22. The molecule has 1 amide bonds. The number of hydrogen-bond acceptors (Lipinski definition) is 5. The fourth-order valence-electron chi connectivity index (χ4n) is 1.93. The number of anilines is 1. The predicted octanol–water partition coefficient (Wildman–Crippen LogP) is 2.84. The van der Waals surface area contributed by atoms with Gasteiger partial charge in [-0.15, -0.1) is 11.3 Å². The molecular formula is C16H18N2O4S2. The number of ketones is 1. The normalized spacial score (nSPS) is 11.5. The molecule has 0 aliphatic heterocycles. The molecule has 1 N–H and O–H groups in total. The van der Waals surface area contributed by atoms with Crippen molar-refractivity contribution in [2.75, 3.05) is 18.9 Å². The number of hydrogen-bond donors (Lipinski definition) is 1. The number of nitrogens with zero attached hydrogens (tertiary/aromatic N) is 1. The predicted molar refractivity (Wildman–Crippen MR) is 94.2 cm³/mol. The quantitative estimate of drug-likeness (QED) is 0.797. The number of Topliss-reactive ketones (excluding diaryl/α,β-unsaturated/α-hetero) is 1. The summed E-state index contributed by atoms with van der Waals surface area (Å²) < 4.78 is 25.7. The van der Waals surface area contributed by atoms with E-state index in [4.69, 9.17) is 0 Å². The van der Waals surface area contributed by atoms with Gasteiger partial charge < -0.3 is 5.32 Å². The van der Waals surface area contributed by atoms with Crippen LogP contribution in [0.2, 0.25) is 0 Å². The summed E-state index contributed by atoms with van der Waals surface area (Å²) in [6.45, 7) is 3.53. The van der Waals surface area contributed by atoms with Crippen molar-refractivity contribution in [2.45, 2.75) is 18.7 Å². The molecule has 0 saturated carbocycles. The Balaban J connectivity index is 2.20. The van der Waals surface area contributed by atoms with Crippen LogP contribution in [-0.2, 0) is 10.0 Å². The highest BCUT2D eigenvalue weighted by atomic mass is 32.2. The summed E-state index contributed by atoms with van der Waals surface area (Å²) in [5.41, 5.74) is 0.975. The van der Waals surface area contributed by atoms with Gasteiger partial charge in [0, 0.05) is 30.2 Å². The van der Waals surface area contributed by atoms with Crippen molar-refractivity contribution in [1.82, 2.24) is 4.31 Å². The lowest BCUT2D eigenvalue weighted by molar-refractivity contribution is 0.101. The fourth-order valence-corrected chi connectivity index (χ4v) is 4.27. The van der Waals surface area contributed by atoms with Crippen molar-refractivity contribution in [3.63, 3.8) is 0 Å². The first-order chi connectivity index (χ1) is 11.3. The Labute approximate surface area is 145 Å². The Bertz CT molecular complexity index is 872. The minimum Gasteiger partial charge on any atom is -0.321 e. The zero-order valence-electron chi connectivity index (χ0n) is 13.6. The highest BCUT2D eigenvalue weighted by molar-refractivity contribution is 7.89. The van der Waals surface area contributed by atoms with E-state index >= 15 is 0 Å². The van der Waals surface area contributed by atoms with E-state index in [-0.39, 0.29) is 15.6 Å². The summed E-state index contributed by atoms with van der Waals surface area (Å²) in [6, 6.07) is 7.94. The van der Waals surface area contributed by atoms with Gasteiger partial charge in [0.25, 0.3) is 5.91 Å². The maximum absolute atomic E-state index is 12.3. The lowest BCUT2D eigenvalue weighted by Crippen LogP contribution is -2.26. The molecule has 0 fully saturated rings. The zero-order chi connectivity index (χ0) is 17.9. The zero-order valence-corrected chi connectivity index (χ0v) is 15.2. The van der Waals surface area contributed by atoms with Gasteiger partial charge in [0.1, 0.15) is 0 Å². The fraction of sp³-hybridized carbons (Fsp3) is 0.250. The molecule has 0 bridgehead atoms. The Morgan fingerprint density at radius 3 is 2.58 bits per heavy atom. The maximum atomic E-state index is 12.3. The molecule has 2 aromatic rings. The number of benzene rings is 1. The average Bonchev–Trinajstić information content (AvgIpc) is 3.05. The van der Waals surface area contributed by atoms with E-state index in [0.717, 1.165) is 11.3 Å². The SMILES string of the molecule is CCN(C)S(=O)(=O)c1csc(C(=O)Nc2cccc(C(C)=O)c2)c1. The van der Waals surface area contributed by atoms with Crippen LogP contribution in [0.1, 0.15) is 33.9 Å². The third-order valence-electron chi connectivity index (χ3n) is 3.48. The van der Waals surface area contributed by atoms with Gasteiger partial charge in [0.2, 0.25) is 10.0 Å². The number of carbonyl (C=O) groups is 2. The lowest BCUT2D eigenvalue weighted by Gasteiger charge is -2.12. The van der Waals surface area contributed by atoms with E-state index in [9.17, 15) is 18.0 Å². The van der Waals surface area contributed by atoms with Gasteiger partial charge >= 0.3 is 0 Å². The van der Waals surface area contributed by atoms with Crippen LogP contribution in [0, 0.1) is 0 Å². The molecular weight excluding hydrogens is 348 g/mol. The average molecular weight is 366 g/mol. The molecule has 0 atom stereocenters. The van der Waals surface area contributed by atoms with Crippen LogP contribution in [-0.4, -0.2) is 38.0 Å². The summed E-state index contributed by atoms with van der Waals surface area (Å²) in [7, 11) is -2.09. The summed E-state index contributed by atoms with van der Waals surface area (Å²) in [5.74, 6) is -0.514. The Hall–Kier alpha value is -2.03. The first-order valence-electron chi connectivity index (χ1n) is 7.23. The molecule has 6 nitrogen and oxygen atoms in total. The summed E-state index contributed by atoms with van der Waals surface area (Å²) in [4.78, 5) is 24.0. The number of carbonyl (C=O) groups excluding carboxylic acids is 2. The molecule has 24 heavy (non-hydrogen) atoms. The summed E-state index contributed by atoms with van der Waals surface area (Å²) in [6.07, 6.45) is 0. The van der Waals surface area contributed by atoms with Crippen molar-refractivity contribution < 1.29 is 18.0 Å². The first kappa shape index (κ1) is 18.3. The third kappa shape index (κ3) is 3.89. The number of thiophene rings is 1. The van der Waals surface area contributed by atoms with Crippen molar-refractivity contribution in [3.8, 4) is 0 Å². The molecule has 1 heterocycles. The second-order valence-corrected chi connectivity index (χ2v) is 8.11. The van der Waals surface area contributed by atoms with E-state index in [1.807, 2.05) is 0 Å². The molecule has 2 rings (SSSR count). The van der Waals surface area contributed by atoms with Crippen molar-refractivity contribution in [2.24, 2.45) is 0 Å². The number of rotatable bonds is 6. The molecule has 0 radical (unpaired) electrons. The number of nitrogens with one attached hydrogen (secondary N) is 1. The van der Waals surface area contributed by atoms with Crippen molar-refractivity contribution in [1.29, 1.82) is 0 Å². The number of sulfonamides is 1. The maximum Gasteiger partial charge on any atom is 0.265 e. The second kappa shape index (κ2) is 7.25. The van der Waals surface area contributed by atoms with Gasteiger partial charge in [0.05, 0.1) is 9.77 Å². The molecule has 8 heteroatoms. The standard InChI is InChI=1S/C16H18N2O4S2/c1-4-18(3)24(21,22)14-9-15(23-10-14)16(20)17-13-7-5-6-12(8-13)11(2)19/h5-10H,4H2,1-3H3,(H,17,20). The van der Waals surface area contributed by atoms with Crippen LogP contribution in [0.3, 0.4) is 0 Å². The molecule has 0 saturated heterocycles. The van der Waals surface area contributed by atoms with Gasteiger partial charge in [-0.05, 0) is 25.1 Å². The minimum absolute atomic E-state index is 0.0967. The Kier molecular flexibility index (Phi) is 5.53. The van der Waals surface area contributed by atoms with E-state index in [1.54, 1.807) is 31.2 Å². The van der Waals surface area contributed by atoms with Gasteiger partial charge in [0.15, 0.2) is 5.78 Å². The largest absolute Gasteiger partial charge is 0.321 e. The molecule has 0 aliphatic carbocycles. The van der Waals surface area contributed by atoms with Crippen molar-refractivity contribution >= 4 is 38.7 Å². The molecule has 1 aromatic carbocycles. The van der Waals surface area contributed by atoms with Gasteiger partial charge in [-0.1, -0.05) is 19.1 Å². The van der Waals surface area contributed by atoms with Gasteiger partial charge in [-0.2, -0.15) is 0 Å². The van der Waals surface area contributed by atoms with E-state index in [0.29, 0.717) is 17.8 Å². The first-order valence-corrected chi connectivity index (χ1v) is 9.55. The van der Waals surface area contributed by atoms with Crippen LogP contribution in [0.25, 0.3) is 0 Å². The Morgan fingerprint density at radius 1 is 1.25 bits per heavy atom. The highest BCUT2D eigenvalue weighted by Crippen LogP contribution is 2.23. The minimum atomic E-state index is -3.57. The topological polar surface area (TPSA) is 83.6 Å². The molecule has 128 valence electrons. The van der Waals surface area contributed by atoms with E-state index in [1.165, 1.54) is 29.7 Å². The third-order valence-corrected chi connectivity index (χ3v) is 6.47. The monoisotopic (exact) mass is 366 g/mol. The molecule has 0 aliphatic rings. The van der Waals surface area contributed by atoms with E-state index < -0.39 is 15.9 Å². The number of amides is 1. The summed E-state index contributed by atoms with van der Waals surface area (Å²) >= 11 is 1.06. The van der Waals surface area contributed by atoms with Crippen LogP contribution < -0.4 is 5.32 Å².